The summed E-state index contributed by atoms with van der Waals surface area (Å²) in [5.41, 5.74) is 0.204. The van der Waals surface area contributed by atoms with E-state index in [0.29, 0.717) is 23.9 Å². The van der Waals surface area contributed by atoms with E-state index in [1.165, 1.54) is 24.3 Å². The lowest BCUT2D eigenvalue weighted by Gasteiger charge is -2.12. The molecule has 0 bridgehead atoms. The summed E-state index contributed by atoms with van der Waals surface area (Å²) >= 11 is 3.36. The van der Waals surface area contributed by atoms with Crippen molar-refractivity contribution in [2.75, 3.05) is 25.6 Å². The molecule has 6 nitrogen and oxygen atoms in total. The minimum absolute atomic E-state index is 0.0755. The number of halogens is 2. The Hall–Kier alpha value is -2.84. The number of nitrogens with one attached hydrogen (secondary N) is 1. The lowest BCUT2D eigenvalue weighted by atomic mass is 10.2. The molecule has 0 saturated carbocycles. The van der Waals surface area contributed by atoms with Crippen LogP contribution in [0.1, 0.15) is 16.3 Å². The number of carbonyl (C=O) groups is 1. The second-order valence-corrected chi connectivity index (χ2v) is 6.86. The number of methoxy groups -OCH3 is 1. The fourth-order valence-corrected chi connectivity index (χ4v) is 2.67. The second kappa shape index (κ2) is 10.1. The number of anilines is 1. The molecule has 0 aliphatic rings. The van der Waals surface area contributed by atoms with E-state index in [1.807, 2.05) is 24.3 Å². The molecular formula is C21H19BrFNO5. The molecule has 29 heavy (non-hydrogen) atoms. The Balaban J connectivity index is 1.62. The van der Waals surface area contributed by atoms with Crippen molar-refractivity contribution in [3.05, 3.63) is 76.4 Å². The second-order valence-electron chi connectivity index (χ2n) is 5.94. The highest BCUT2D eigenvalue weighted by atomic mass is 79.9. The van der Waals surface area contributed by atoms with Crippen LogP contribution in [0.5, 0.6) is 11.5 Å². The van der Waals surface area contributed by atoms with Crippen molar-refractivity contribution in [3.63, 3.8) is 0 Å². The van der Waals surface area contributed by atoms with Crippen LogP contribution in [-0.2, 0) is 11.3 Å². The Bertz CT molecular complexity index is 958. The van der Waals surface area contributed by atoms with Gasteiger partial charge in [-0.15, -0.1) is 0 Å². The predicted octanol–water partition coefficient (Wildman–Crippen LogP) is 5.04. The molecule has 3 rings (SSSR count). The Labute approximate surface area is 175 Å². The zero-order valence-electron chi connectivity index (χ0n) is 15.6. The fraction of sp³-hybridized carbons (Fsp3) is 0.190. The number of ether oxygens (including phenoxy) is 3. The molecule has 0 atom stereocenters. The number of furan rings is 1. The smallest absolute Gasteiger partial charge is 0.291 e. The van der Waals surface area contributed by atoms with Gasteiger partial charge in [0.1, 0.15) is 36.3 Å². The van der Waals surface area contributed by atoms with Gasteiger partial charge in [0.15, 0.2) is 5.76 Å². The lowest BCUT2D eigenvalue weighted by Crippen LogP contribution is -2.13. The van der Waals surface area contributed by atoms with Gasteiger partial charge in [-0.1, -0.05) is 15.9 Å². The molecule has 0 aliphatic heterocycles. The van der Waals surface area contributed by atoms with Gasteiger partial charge in [0.05, 0.1) is 12.3 Å². The van der Waals surface area contributed by atoms with Gasteiger partial charge in [0.25, 0.3) is 5.91 Å². The maximum absolute atomic E-state index is 13.6. The van der Waals surface area contributed by atoms with Gasteiger partial charge < -0.3 is 23.9 Å². The van der Waals surface area contributed by atoms with Crippen molar-refractivity contribution in [2.45, 2.75) is 6.61 Å². The first-order chi connectivity index (χ1) is 14.0. The van der Waals surface area contributed by atoms with Gasteiger partial charge in [-0.3, -0.25) is 4.79 Å². The van der Waals surface area contributed by atoms with Crippen molar-refractivity contribution in [2.24, 2.45) is 0 Å². The van der Waals surface area contributed by atoms with Crippen molar-refractivity contribution in [1.82, 2.24) is 0 Å². The maximum Gasteiger partial charge on any atom is 0.291 e. The topological polar surface area (TPSA) is 69.9 Å². The van der Waals surface area contributed by atoms with Crippen LogP contribution in [0, 0.1) is 5.82 Å². The summed E-state index contributed by atoms with van der Waals surface area (Å²) in [6.07, 6.45) is 0. The van der Waals surface area contributed by atoms with Gasteiger partial charge in [-0.25, -0.2) is 4.39 Å². The van der Waals surface area contributed by atoms with Crippen LogP contribution in [0.4, 0.5) is 10.1 Å². The van der Waals surface area contributed by atoms with Crippen LogP contribution >= 0.6 is 15.9 Å². The molecule has 1 heterocycles. The van der Waals surface area contributed by atoms with Crippen LogP contribution in [-0.4, -0.2) is 26.2 Å². The van der Waals surface area contributed by atoms with E-state index in [9.17, 15) is 9.18 Å². The molecule has 0 fully saturated rings. The van der Waals surface area contributed by atoms with Crippen molar-refractivity contribution in [1.29, 1.82) is 0 Å². The van der Waals surface area contributed by atoms with Crippen LogP contribution in [0.25, 0.3) is 0 Å². The van der Waals surface area contributed by atoms with Gasteiger partial charge in [-0.05, 0) is 48.5 Å². The van der Waals surface area contributed by atoms with Gasteiger partial charge in [-0.2, -0.15) is 0 Å². The van der Waals surface area contributed by atoms with Crippen LogP contribution in [0.3, 0.4) is 0 Å². The third-order valence-corrected chi connectivity index (χ3v) is 4.34. The number of rotatable bonds is 9. The Morgan fingerprint density at radius 3 is 2.62 bits per heavy atom. The molecule has 0 aliphatic carbocycles. The monoisotopic (exact) mass is 463 g/mol. The molecule has 0 spiro atoms. The molecule has 2 aromatic carbocycles. The van der Waals surface area contributed by atoms with Crippen LogP contribution in [0.15, 0.2) is 63.5 Å². The number of amides is 1. The first kappa shape index (κ1) is 20.9. The van der Waals surface area contributed by atoms with E-state index >= 15 is 0 Å². The molecule has 0 unspecified atom stereocenters. The molecule has 0 saturated heterocycles. The zero-order chi connectivity index (χ0) is 20.6. The summed E-state index contributed by atoms with van der Waals surface area (Å²) < 4.78 is 36.1. The van der Waals surface area contributed by atoms with E-state index < -0.39 is 11.7 Å². The number of hydrogen-bond acceptors (Lipinski definition) is 5. The van der Waals surface area contributed by atoms with E-state index in [2.05, 4.69) is 21.2 Å². The van der Waals surface area contributed by atoms with Crippen LogP contribution < -0.4 is 14.8 Å². The number of benzene rings is 2. The molecule has 0 radical (unpaired) electrons. The average molecular weight is 464 g/mol. The third kappa shape index (κ3) is 6.07. The lowest BCUT2D eigenvalue weighted by molar-refractivity contribution is 0.0991. The zero-order valence-corrected chi connectivity index (χ0v) is 17.2. The summed E-state index contributed by atoms with van der Waals surface area (Å²) in [7, 11) is 1.55. The van der Waals surface area contributed by atoms with Crippen molar-refractivity contribution < 1.29 is 27.8 Å². The Morgan fingerprint density at radius 2 is 1.86 bits per heavy atom. The number of hydrogen-bond donors (Lipinski definition) is 1. The maximum atomic E-state index is 13.6. The highest BCUT2D eigenvalue weighted by Crippen LogP contribution is 2.26. The standard InChI is InChI=1S/C21H19BrFNO5/c1-26-10-11-27-19-8-4-15(23)12-18(19)24-21(25)20-9-7-17(29-20)13-28-16-5-2-14(22)3-6-16/h2-9,12H,10-11,13H2,1H3,(H,24,25). The molecule has 8 heteroatoms. The largest absolute Gasteiger partial charge is 0.489 e. The number of carbonyl (C=O) groups excluding carboxylic acids is 1. The Kier molecular flexibility index (Phi) is 7.26. The first-order valence-corrected chi connectivity index (χ1v) is 9.54. The Morgan fingerprint density at radius 1 is 1.07 bits per heavy atom. The molecule has 1 N–H and O–H groups in total. The minimum Gasteiger partial charge on any atom is -0.489 e. The van der Waals surface area contributed by atoms with Gasteiger partial charge in [0.2, 0.25) is 0 Å². The van der Waals surface area contributed by atoms with Gasteiger partial charge in [0, 0.05) is 17.6 Å². The van der Waals surface area contributed by atoms with E-state index in [0.717, 1.165) is 4.47 Å². The van der Waals surface area contributed by atoms with Crippen LogP contribution in [0.2, 0.25) is 0 Å². The predicted molar refractivity (Wildman–Crippen MR) is 109 cm³/mol. The quantitative estimate of drug-likeness (QED) is 0.450. The van der Waals surface area contributed by atoms with Gasteiger partial charge >= 0.3 is 0 Å². The molecule has 152 valence electrons. The first-order valence-electron chi connectivity index (χ1n) is 8.75. The summed E-state index contributed by atoms with van der Waals surface area (Å²) in [5, 5.41) is 2.60. The summed E-state index contributed by atoms with van der Waals surface area (Å²) in [4.78, 5) is 12.5. The highest BCUT2D eigenvalue weighted by Gasteiger charge is 2.15. The molecule has 3 aromatic rings. The minimum atomic E-state index is -0.526. The fourth-order valence-electron chi connectivity index (χ4n) is 2.41. The van der Waals surface area contributed by atoms with E-state index in [1.54, 1.807) is 13.2 Å². The summed E-state index contributed by atoms with van der Waals surface area (Å²) in [6.45, 7) is 0.800. The molecule has 1 aromatic heterocycles. The molecule has 1 amide bonds. The highest BCUT2D eigenvalue weighted by molar-refractivity contribution is 9.10. The van der Waals surface area contributed by atoms with Crippen molar-refractivity contribution in [3.8, 4) is 11.5 Å². The SMILES string of the molecule is COCCOc1ccc(F)cc1NC(=O)c1ccc(COc2ccc(Br)cc2)o1. The van der Waals surface area contributed by atoms with Crippen molar-refractivity contribution >= 4 is 27.5 Å². The third-order valence-electron chi connectivity index (χ3n) is 3.82. The van der Waals surface area contributed by atoms with E-state index in [4.69, 9.17) is 18.6 Å². The normalized spacial score (nSPS) is 10.6. The molecular weight excluding hydrogens is 445 g/mol. The average Bonchev–Trinajstić information content (AvgIpc) is 3.19. The van der Waals surface area contributed by atoms with E-state index in [-0.39, 0.29) is 24.7 Å². The summed E-state index contributed by atoms with van der Waals surface area (Å²) in [6, 6.07) is 14.4. The summed E-state index contributed by atoms with van der Waals surface area (Å²) in [5.74, 6) is 0.542.